The number of ether oxygens (including phenoxy) is 1. The van der Waals surface area contributed by atoms with Crippen molar-refractivity contribution in [2.75, 3.05) is 0 Å². The highest BCUT2D eigenvalue weighted by atomic mass is 16.6. The van der Waals surface area contributed by atoms with Crippen LogP contribution in [0.1, 0.15) is 27.7 Å². The van der Waals surface area contributed by atoms with Crippen LogP contribution >= 0.6 is 0 Å². The Kier molecular flexibility index (Phi) is 12.0. The molecule has 9 rings (SSSR count). The molecule has 0 spiro atoms. The SMILES string of the molecule is CC1=CC2(C)C(C(=O)O)C(C(=O)O)C1C(C(=O)O)C2C(=O)OC(=O)C1C(C(=O)O)C2C(C)=CC1(C)C(C(=O)O)C2C(=O)O.O=C(O)C1C2C=CC(C1C(=O)O)C(C(=O)O)C2C(=O)O. The van der Waals surface area contributed by atoms with Crippen molar-refractivity contribution in [1.82, 2.24) is 0 Å². The Labute approximate surface area is 353 Å². The Balaban J connectivity index is 0.000000311. The van der Waals surface area contributed by atoms with Gasteiger partial charge in [-0.15, -0.1) is 0 Å². The lowest BCUT2D eigenvalue weighted by atomic mass is 9.44. The molecule has 9 aliphatic rings. The summed E-state index contributed by atoms with van der Waals surface area (Å²) in [5.41, 5.74) is -3.54. The average molecular weight is 891 g/mol. The van der Waals surface area contributed by atoms with Gasteiger partial charge >= 0.3 is 71.6 Å². The number of hydrogen-bond acceptors (Lipinski definition) is 13. The fourth-order valence-electron chi connectivity index (χ4n) is 12.3. The molecule has 3 fully saturated rings. The predicted octanol–water partition coefficient (Wildman–Crippen LogP) is 0.291. The molecule has 0 aromatic heterocycles. The molecule has 0 saturated heterocycles. The van der Waals surface area contributed by atoms with Crippen molar-refractivity contribution in [2.24, 2.45) is 106 Å². The van der Waals surface area contributed by atoms with E-state index >= 15 is 0 Å². The van der Waals surface area contributed by atoms with E-state index in [0.29, 0.717) is 0 Å². The van der Waals surface area contributed by atoms with Crippen LogP contribution in [0.2, 0.25) is 0 Å². The van der Waals surface area contributed by atoms with Crippen molar-refractivity contribution in [3.05, 3.63) is 35.5 Å². The second-order valence-electron chi connectivity index (χ2n) is 17.3. The molecule has 3 saturated carbocycles. The number of carboxylic acid groups (broad SMARTS) is 10. The Morgan fingerprint density at radius 1 is 0.381 bits per heavy atom. The Bertz CT molecular complexity index is 2040. The van der Waals surface area contributed by atoms with Crippen LogP contribution in [0.15, 0.2) is 35.5 Å². The maximum absolute atomic E-state index is 13.7. The van der Waals surface area contributed by atoms with Crippen LogP contribution in [-0.2, 0) is 62.3 Å². The van der Waals surface area contributed by atoms with Gasteiger partial charge in [-0.25, -0.2) is 0 Å². The quantitative estimate of drug-likeness (QED) is 0.0715. The van der Waals surface area contributed by atoms with Gasteiger partial charge in [-0.2, -0.15) is 0 Å². The summed E-state index contributed by atoms with van der Waals surface area (Å²) < 4.78 is 5.10. The van der Waals surface area contributed by atoms with E-state index < -0.39 is 177 Å². The average Bonchev–Trinajstić information content (AvgIpc) is 3.14. The first-order chi connectivity index (χ1) is 29.0. The minimum absolute atomic E-state index is 0.211. The first-order valence-electron chi connectivity index (χ1n) is 19.1. The number of aliphatic carboxylic acids is 10. The van der Waals surface area contributed by atoms with Crippen molar-refractivity contribution in [2.45, 2.75) is 27.7 Å². The van der Waals surface area contributed by atoms with Crippen LogP contribution in [0, 0.1) is 106 Å². The topological polar surface area (TPSA) is 416 Å². The lowest BCUT2D eigenvalue weighted by Crippen LogP contribution is -2.65. The van der Waals surface area contributed by atoms with Gasteiger partial charge in [0.1, 0.15) is 0 Å². The molecule has 9 aliphatic carbocycles. The molecule has 0 aliphatic heterocycles. The van der Waals surface area contributed by atoms with Crippen molar-refractivity contribution >= 4 is 71.6 Å². The smallest absolute Gasteiger partial charge is 0.318 e. The van der Waals surface area contributed by atoms with E-state index in [1.54, 1.807) is 0 Å². The summed E-state index contributed by atoms with van der Waals surface area (Å²) >= 11 is 0. The molecule has 23 heteroatoms. The third-order valence-electron chi connectivity index (χ3n) is 14.3. The third kappa shape index (κ3) is 7.07. The molecule has 16 unspecified atom stereocenters. The third-order valence-corrected chi connectivity index (χ3v) is 14.3. The molecule has 0 aromatic carbocycles. The molecule has 63 heavy (non-hydrogen) atoms. The summed E-state index contributed by atoms with van der Waals surface area (Å²) in [4.78, 5) is 146. The van der Waals surface area contributed by atoms with Gasteiger partial charge in [0.05, 0.1) is 71.0 Å². The van der Waals surface area contributed by atoms with Gasteiger partial charge < -0.3 is 55.8 Å². The Morgan fingerprint density at radius 2 is 0.603 bits per heavy atom. The van der Waals surface area contributed by atoms with Gasteiger partial charge in [-0.3, -0.25) is 57.5 Å². The number of hydrogen-bond donors (Lipinski definition) is 10. The molecule has 0 radical (unpaired) electrons. The van der Waals surface area contributed by atoms with Crippen LogP contribution in [0.25, 0.3) is 0 Å². The van der Waals surface area contributed by atoms with Gasteiger partial charge in [0, 0.05) is 34.5 Å². The van der Waals surface area contributed by atoms with Gasteiger partial charge in [0.25, 0.3) is 0 Å². The van der Waals surface area contributed by atoms with Crippen LogP contribution < -0.4 is 0 Å². The lowest BCUT2D eigenvalue weighted by Gasteiger charge is -2.57. The molecule has 10 N–H and O–H groups in total. The minimum atomic E-state index is -1.98. The number of carboxylic acids is 10. The molecular weight excluding hydrogens is 848 g/mol. The highest BCUT2D eigenvalue weighted by molar-refractivity contribution is 5.97. The number of carbonyl (C=O) groups is 12. The summed E-state index contributed by atoms with van der Waals surface area (Å²) in [6.45, 7) is 5.13. The molecule has 0 aromatic rings. The zero-order valence-electron chi connectivity index (χ0n) is 33.3. The zero-order chi connectivity index (χ0) is 47.9. The number of allylic oxidation sites excluding steroid dienone is 6. The van der Waals surface area contributed by atoms with Gasteiger partial charge in [-0.1, -0.05) is 49.3 Å². The first kappa shape index (κ1) is 47.1. The maximum Gasteiger partial charge on any atom is 0.318 e. The maximum atomic E-state index is 13.7. The summed E-state index contributed by atoms with van der Waals surface area (Å²) in [6.07, 6.45) is 5.20. The van der Waals surface area contributed by atoms with E-state index in [9.17, 15) is 88.2 Å². The lowest BCUT2D eigenvalue weighted by molar-refractivity contribution is -0.199. The molecule has 0 heterocycles. The van der Waals surface area contributed by atoms with Crippen molar-refractivity contribution < 1.29 is 113 Å². The summed E-state index contributed by atoms with van der Waals surface area (Å²) in [6, 6.07) is 0. The van der Waals surface area contributed by atoms with Gasteiger partial charge in [0.2, 0.25) is 0 Å². The summed E-state index contributed by atoms with van der Waals surface area (Å²) in [7, 11) is 0. The zero-order valence-corrected chi connectivity index (χ0v) is 33.3. The standard InChI is InChI=1S/C28H30O15.C12H12O8/c1-7-5-27(3)15(23(37)38)11(19(29)30)9(7)13(21(33)34)17(27)25(41)43-26(42)18-14(22(35)36)10-8(2)6-28(18,4)16(24(39)40)12(10)20(31)32;13-9(14)5-3-1-2-4(7(5)11(17)18)8(12(19)20)6(3)10(15)16/h5-6,9-18H,1-4H3,(H,29,30)(H,31,32)(H,33,34)(H,35,36)(H,37,38)(H,39,40);1-8H,(H,13,14)(H,15,16)(H,17,18)(H,19,20). The van der Waals surface area contributed by atoms with Crippen LogP contribution in [0.5, 0.6) is 0 Å². The highest BCUT2D eigenvalue weighted by Gasteiger charge is 2.71. The normalized spacial score (nSPS) is 40.1. The number of carbonyl (C=O) groups excluding carboxylic acids is 2. The first-order valence-corrected chi connectivity index (χ1v) is 19.1. The van der Waals surface area contributed by atoms with E-state index in [-0.39, 0.29) is 11.1 Å². The van der Waals surface area contributed by atoms with Gasteiger partial charge in [0.15, 0.2) is 0 Å². The van der Waals surface area contributed by atoms with Gasteiger partial charge in [-0.05, 0) is 13.8 Å². The predicted molar refractivity (Wildman–Crippen MR) is 196 cm³/mol. The highest BCUT2D eigenvalue weighted by Crippen LogP contribution is 2.63. The van der Waals surface area contributed by atoms with Crippen molar-refractivity contribution in [1.29, 1.82) is 0 Å². The number of fused-ring (bicyclic) bond motifs is 6. The monoisotopic (exact) mass is 890 g/mol. The summed E-state index contributed by atoms with van der Waals surface area (Å²) in [5.74, 6) is -44.1. The van der Waals surface area contributed by atoms with Crippen LogP contribution in [-0.4, -0.2) is 123 Å². The minimum Gasteiger partial charge on any atom is -0.481 e. The van der Waals surface area contributed by atoms with Crippen LogP contribution in [0.4, 0.5) is 0 Å². The van der Waals surface area contributed by atoms with E-state index in [1.165, 1.54) is 52.0 Å². The molecule has 340 valence electrons. The Morgan fingerprint density at radius 3 is 0.810 bits per heavy atom. The van der Waals surface area contributed by atoms with E-state index in [4.69, 9.17) is 25.2 Å². The fourth-order valence-corrected chi connectivity index (χ4v) is 12.3. The fraction of sp³-hybridized carbons (Fsp3) is 0.550. The van der Waals surface area contributed by atoms with Crippen molar-refractivity contribution in [3.63, 3.8) is 0 Å². The van der Waals surface area contributed by atoms with Crippen LogP contribution in [0.3, 0.4) is 0 Å². The molecule has 0 amide bonds. The van der Waals surface area contributed by atoms with E-state index in [2.05, 4.69) is 0 Å². The number of esters is 2. The largest absolute Gasteiger partial charge is 0.481 e. The second kappa shape index (κ2) is 16.1. The number of rotatable bonds is 12. The molecule has 16 atom stereocenters. The summed E-state index contributed by atoms with van der Waals surface area (Å²) in [5, 5.41) is 96.6. The second-order valence-corrected chi connectivity index (χ2v) is 17.3. The van der Waals surface area contributed by atoms with E-state index in [1.807, 2.05) is 0 Å². The Hall–Kier alpha value is -6.94. The van der Waals surface area contributed by atoms with E-state index in [0.717, 1.165) is 0 Å². The molecular formula is C40H42O23. The molecule has 6 bridgehead atoms. The molecule has 23 nitrogen and oxygen atoms in total. The van der Waals surface area contributed by atoms with Crippen molar-refractivity contribution in [3.8, 4) is 0 Å².